The fraction of sp³-hybridized carbons (Fsp3) is 0.143. The van der Waals surface area contributed by atoms with Gasteiger partial charge in [-0.1, -0.05) is 24.3 Å². The van der Waals surface area contributed by atoms with E-state index in [1.165, 1.54) is 6.07 Å². The molecule has 0 amide bonds. The molecular formula is C14H14FN. The van der Waals surface area contributed by atoms with Gasteiger partial charge >= 0.3 is 0 Å². The van der Waals surface area contributed by atoms with Gasteiger partial charge in [-0.05, 0) is 47.4 Å². The fourth-order valence-electron chi connectivity index (χ4n) is 1.76. The van der Waals surface area contributed by atoms with Gasteiger partial charge in [-0.2, -0.15) is 0 Å². The summed E-state index contributed by atoms with van der Waals surface area (Å²) < 4.78 is 13.1. The smallest absolute Gasteiger partial charge is 0.123 e. The maximum atomic E-state index is 13.1. The minimum atomic E-state index is -0.213. The zero-order valence-corrected chi connectivity index (χ0v) is 9.20. The minimum absolute atomic E-state index is 0.213. The normalized spacial score (nSPS) is 10.4. The Kier molecular flexibility index (Phi) is 3.02. The molecule has 16 heavy (non-hydrogen) atoms. The zero-order valence-electron chi connectivity index (χ0n) is 9.20. The largest absolute Gasteiger partial charge is 0.326 e. The summed E-state index contributed by atoms with van der Waals surface area (Å²) >= 11 is 0. The van der Waals surface area contributed by atoms with E-state index in [1.54, 1.807) is 12.1 Å². The lowest BCUT2D eigenvalue weighted by Gasteiger charge is -2.08. The average Bonchev–Trinajstić information content (AvgIpc) is 2.30. The van der Waals surface area contributed by atoms with Crippen molar-refractivity contribution < 1.29 is 4.39 Å². The maximum Gasteiger partial charge on any atom is 0.123 e. The Morgan fingerprint density at radius 2 is 1.94 bits per heavy atom. The summed E-state index contributed by atoms with van der Waals surface area (Å²) in [5.74, 6) is -0.213. The Morgan fingerprint density at radius 1 is 1.12 bits per heavy atom. The Hall–Kier alpha value is -1.67. The molecule has 0 saturated carbocycles. The molecule has 1 nitrogen and oxygen atoms in total. The summed E-state index contributed by atoms with van der Waals surface area (Å²) in [6.07, 6.45) is 0. The summed E-state index contributed by atoms with van der Waals surface area (Å²) in [7, 11) is 0. The van der Waals surface area contributed by atoms with Crippen LogP contribution in [0.15, 0.2) is 42.5 Å². The van der Waals surface area contributed by atoms with Gasteiger partial charge in [0.1, 0.15) is 5.82 Å². The molecule has 82 valence electrons. The van der Waals surface area contributed by atoms with Gasteiger partial charge in [-0.25, -0.2) is 4.39 Å². The number of benzene rings is 2. The van der Waals surface area contributed by atoms with E-state index in [0.717, 1.165) is 22.3 Å². The molecule has 0 fully saturated rings. The van der Waals surface area contributed by atoms with E-state index in [4.69, 9.17) is 5.73 Å². The third-order valence-electron chi connectivity index (χ3n) is 2.67. The first-order valence-corrected chi connectivity index (χ1v) is 5.26. The third kappa shape index (κ3) is 2.12. The van der Waals surface area contributed by atoms with Gasteiger partial charge in [0.05, 0.1) is 0 Å². The van der Waals surface area contributed by atoms with Crippen LogP contribution in [0.2, 0.25) is 0 Å². The van der Waals surface area contributed by atoms with Crippen LogP contribution < -0.4 is 5.73 Å². The summed E-state index contributed by atoms with van der Waals surface area (Å²) in [5, 5.41) is 0. The first kappa shape index (κ1) is 10.8. The lowest BCUT2D eigenvalue weighted by atomic mass is 9.98. The highest BCUT2D eigenvalue weighted by Gasteiger charge is 2.03. The topological polar surface area (TPSA) is 26.0 Å². The average molecular weight is 215 g/mol. The van der Waals surface area contributed by atoms with Crippen molar-refractivity contribution in [3.05, 3.63) is 59.4 Å². The molecule has 0 aliphatic carbocycles. The van der Waals surface area contributed by atoms with Crippen LogP contribution in [0.1, 0.15) is 11.1 Å². The molecule has 0 atom stereocenters. The van der Waals surface area contributed by atoms with Crippen molar-refractivity contribution in [3.63, 3.8) is 0 Å². The van der Waals surface area contributed by atoms with Gasteiger partial charge < -0.3 is 5.73 Å². The Balaban J connectivity index is 2.54. The van der Waals surface area contributed by atoms with Crippen molar-refractivity contribution in [3.8, 4) is 11.1 Å². The lowest BCUT2D eigenvalue weighted by molar-refractivity contribution is 0.628. The first-order valence-electron chi connectivity index (χ1n) is 5.26. The molecule has 2 heteroatoms. The second-order valence-corrected chi connectivity index (χ2v) is 3.86. The van der Waals surface area contributed by atoms with Crippen LogP contribution in [0, 0.1) is 12.7 Å². The predicted octanol–water partition coefficient (Wildman–Crippen LogP) is 3.26. The zero-order chi connectivity index (χ0) is 11.5. The molecule has 2 rings (SSSR count). The van der Waals surface area contributed by atoms with Gasteiger partial charge in [0.25, 0.3) is 0 Å². The Labute approximate surface area is 94.7 Å². The van der Waals surface area contributed by atoms with Crippen LogP contribution in [-0.2, 0) is 6.54 Å². The SMILES string of the molecule is Cc1ccc(CN)cc1-c1cccc(F)c1. The maximum absolute atomic E-state index is 13.1. The van der Waals surface area contributed by atoms with E-state index < -0.39 is 0 Å². The third-order valence-corrected chi connectivity index (χ3v) is 2.67. The van der Waals surface area contributed by atoms with E-state index in [0.29, 0.717) is 6.54 Å². The summed E-state index contributed by atoms with van der Waals surface area (Å²) in [5.41, 5.74) is 9.73. The Morgan fingerprint density at radius 3 is 2.62 bits per heavy atom. The van der Waals surface area contributed by atoms with Crippen molar-refractivity contribution >= 4 is 0 Å². The highest BCUT2D eigenvalue weighted by molar-refractivity contribution is 5.67. The number of halogens is 1. The van der Waals surface area contributed by atoms with Gasteiger partial charge in [0, 0.05) is 6.54 Å². The van der Waals surface area contributed by atoms with E-state index in [-0.39, 0.29) is 5.82 Å². The quantitative estimate of drug-likeness (QED) is 0.817. The number of hydrogen-bond donors (Lipinski definition) is 1. The number of nitrogens with two attached hydrogens (primary N) is 1. The van der Waals surface area contributed by atoms with Crippen molar-refractivity contribution in [1.29, 1.82) is 0 Å². The van der Waals surface area contributed by atoms with Gasteiger partial charge in [-0.15, -0.1) is 0 Å². The molecule has 2 N–H and O–H groups in total. The molecular weight excluding hydrogens is 201 g/mol. The van der Waals surface area contributed by atoms with Crippen LogP contribution >= 0.6 is 0 Å². The van der Waals surface area contributed by atoms with Crippen molar-refractivity contribution in [2.45, 2.75) is 13.5 Å². The molecule has 0 aliphatic heterocycles. The minimum Gasteiger partial charge on any atom is -0.326 e. The summed E-state index contributed by atoms with van der Waals surface area (Å²) in [4.78, 5) is 0. The van der Waals surface area contributed by atoms with E-state index in [2.05, 4.69) is 0 Å². The molecule has 0 unspecified atom stereocenters. The molecule has 0 heterocycles. The predicted molar refractivity (Wildman–Crippen MR) is 64.5 cm³/mol. The van der Waals surface area contributed by atoms with Gasteiger partial charge in [0.15, 0.2) is 0 Å². The van der Waals surface area contributed by atoms with Crippen LogP contribution in [0.5, 0.6) is 0 Å². The second kappa shape index (κ2) is 4.45. The molecule has 2 aromatic rings. The van der Waals surface area contributed by atoms with Gasteiger partial charge in [0.2, 0.25) is 0 Å². The summed E-state index contributed by atoms with van der Waals surface area (Å²) in [6.45, 7) is 2.52. The molecule has 0 radical (unpaired) electrons. The van der Waals surface area contributed by atoms with Crippen molar-refractivity contribution in [2.24, 2.45) is 5.73 Å². The van der Waals surface area contributed by atoms with E-state index in [1.807, 2.05) is 31.2 Å². The van der Waals surface area contributed by atoms with E-state index in [9.17, 15) is 4.39 Å². The standard InChI is InChI=1S/C14H14FN/c1-10-5-6-11(9-16)7-14(10)12-3-2-4-13(15)8-12/h2-8H,9,16H2,1H3. The Bertz CT molecular complexity index is 506. The number of hydrogen-bond acceptors (Lipinski definition) is 1. The monoisotopic (exact) mass is 215 g/mol. The first-order chi connectivity index (χ1) is 7.70. The van der Waals surface area contributed by atoms with Crippen LogP contribution in [0.25, 0.3) is 11.1 Å². The molecule has 0 aromatic heterocycles. The molecule has 2 aromatic carbocycles. The lowest BCUT2D eigenvalue weighted by Crippen LogP contribution is -1.97. The molecule has 0 saturated heterocycles. The van der Waals surface area contributed by atoms with Crippen LogP contribution in [0.3, 0.4) is 0 Å². The van der Waals surface area contributed by atoms with Crippen LogP contribution in [0.4, 0.5) is 4.39 Å². The van der Waals surface area contributed by atoms with Crippen molar-refractivity contribution in [1.82, 2.24) is 0 Å². The molecule has 0 aliphatic rings. The highest BCUT2D eigenvalue weighted by Crippen LogP contribution is 2.25. The van der Waals surface area contributed by atoms with Crippen LogP contribution in [-0.4, -0.2) is 0 Å². The fourth-order valence-corrected chi connectivity index (χ4v) is 1.76. The second-order valence-electron chi connectivity index (χ2n) is 3.86. The van der Waals surface area contributed by atoms with Crippen molar-refractivity contribution in [2.75, 3.05) is 0 Å². The molecule has 0 bridgehead atoms. The molecule has 0 spiro atoms. The number of aryl methyl sites for hydroxylation is 1. The van der Waals surface area contributed by atoms with Gasteiger partial charge in [-0.3, -0.25) is 0 Å². The highest BCUT2D eigenvalue weighted by atomic mass is 19.1. The number of rotatable bonds is 2. The van der Waals surface area contributed by atoms with E-state index >= 15 is 0 Å². The summed E-state index contributed by atoms with van der Waals surface area (Å²) in [6, 6.07) is 12.7.